The van der Waals surface area contributed by atoms with Crippen LogP contribution in [-0.2, 0) is 122 Å². The van der Waals surface area contributed by atoms with Crippen LogP contribution in [-0.4, -0.2) is 99.6 Å². The average molecular weight is 1100 g/mol. The van der Waals surface area contributed by atoms with Crippen molar-refractivity contribution in [2.24, 2.45) is 0 Å². The number of carbonyl (C=O) groups excluding carboxylic acids is 8. The van der Waals surface area contributed by atoms with E-state index in [2.05, 4.69) is 42.5 Å². The van der Waals surface area contributed by atoms with E-state index < -0.39 is 131 Å². The van der Waals surface area contributed by atoms with Crippen LogP contribution in [0.3, 0.4) is 0 Å². The summed E-state index contributed by atoms with van der Waals surface area (Å²) in [6, 6.07) is 0. The van der Waals surface area contributed by atoms with E-state index in [1.165, 1.54) is 0 Å². The second-order valence-electron chi connectivity index (χ2n) is 6.33. The maximum atomic E-state index is 11.6. The quantitative estimate of drug-likeness (QED) is 0.132. The monoisotopic (exact) mass is 1100 g/mol. The van der Waals surface area contributed by atoms with E-state index in [9.17, 15) is 38.4 Å². The molecule has 28 heteroatoms. The van der Waals surface area contributed by atoms with Gasteiger partial charge in [0, 0.05) is 52.4 Å². The summed E-state index contributed by atoms with van der Waals surface area (Å²) < 4.78 is 0. The Morgan fingerprint density at radius 1 is 0.273 bits per heavy atom. The van der Waals surface area contributed by atoms with Crippen LogP contribution in [0.1, 0.15) is 0 Å². The Morgan fingerprint density at radius 3 is 0.409 bits per heavy atom. The summed E-state index contributed by atoms with van der Waals surface area (Å²) in [6.45, 7) is -1.16. The van der Waals surface area contributed by atoms with Gasteiger partial charge >= 0.3 is 199 Å². The Labute approximate surface area is 327 Å². The molecule has 16 nitrogen and oxygen atoms in total. The molecular weight excluding hydrogens is 1080 g/mol. The third-order valence-corrected chi connectivity index (χ3v) is 3.61. The summed E-state index contributed by atoms with van der Waals surface area (Å²) in [5, 5.41) is 17.7. The van der Waals surface area contributed by atoms with Gasteiger partial charge in [-0.3, -0.25) is 38.4 Å². The van der Waals surface area contributed by atoms with Gasteiger partial charge < -0.3 is 42.5 Å². The number of rotatable bonds is 0. The molecule has 0 aromatic rings. The standard InChI is InChI=1S/C16H24N8O8.8ClH.4Zr/c25-9-10(26)19-3-4-21-13(29)14(30)23-7-8-24-16(32)15(31)22-6-5-20-12(28)11(27)18-2-1-17-9;;;;;;;;;;;;/h1-8H2,(H,17,25)(H,18,27)(H,19,26)(H,20,28)(H,21,29)(H,22,31)(H,23,30)(H,24,32);8*1H;;;;/q;;;;;;;;;4*+2/p-8. The molecule has 1 rings (SSSR count). The predicted molar refractivity (Wildman–Crippen MR) is 151 cm³/mol. The van der Waals surface area contributed by atoms with Crippen LogP contribution in [0.15, 0.2) is 0 Å². The van der Waals surface area contributed by atoms with Crippen molar-refractivity contribution >= 4 is 115 Å². The number of halogens is 8. The number of carbonyl (C=O) groups is 8. The minimum atomic E-state index is -1.000. The Bertz CT molecular complexity index is 692. The summed E-state index contributed by atoms with van der Waals surface area (Å²) in [4.78, 5) is 92.8. The average Bonchev–Trinajstić information content (AvgIpc) is 2.98. The summed E-state index contributed by atoms with van der Waals surface area (Å²) in [5.41, 5.74) is 0. The van der Waals surface area contributed by atoms with Crippen molar-refractivity contribution in [3.63, 3.8) is 0 Å². The van der Waals surface area contributed by atoms with Crippen molar-refractivity contribution in [2.75, 3.05) is 52.4 Å². The van der Waals surface area contributed by atoms with E-state index in [4.69, 9.17) is 68.1 Å². The van der Waals surface area contributed by atoms with Gasteiger partial charge in [0.05, 0.1) is 0 Å². The van der Waals surface area contributed by atoms with Crippen molar-refractivity contribution in [2.45, 2.75) is 0 Å². The molecule has 248 valence electrons. The molecule has 44 heavy (non-hydrogen) atoms. The Hall–Kier alpha value is 1.61. The molecule has 0 saturated carbocycles. The minimum absolute atomic E-state index is 0.145. The van der Waals surface area contributed by atoms with E-state index in [0.29, 0.717) is 0 Å². The number of nitrogens with one attached hydrogen (secondary N) is 8. The SMILES string of the molecule is O=C1NCCNC(=O)C(=O)NCCNC(=O)C(=O)NCCNC(=O)C(=O)NCCNC1=O.[Cl][Zr][Cl].[Cl][Zr][Cl].[Cl][Zr][Cl].[Cl][Zr][Cl]. The number of hydrogen-bond acceptors (Lipinski definition) is 8. The first kappa shape index (κ1) is 52.4. The van der Waals surface area contributed by atoms with Gasteiger partial charge in [-0.25, -0.2) is 0 Å². The fourth-order valence-corrected chi connectivity index (χ4v) is 2.05. The van der Waals surface area contributed by atoms with Crippen LogP contribution in [0.2, 0.25) is 0 Å². The Kier molecular flexibility index (Phi) is 48.6. The first-order chi connectivity index (χ1) is 20.9. The molecule has 0 bridgehead atoms. The van der Waals surface area contributed by atoms with Crippen LogP contribution in [0.25, 0.3) is 0 Å². The Balaban J connectivity index is -0.000000572. The predicted octanol–water partition coefficient (Wildman–Crippen LogP) is -1.56. The molecule has 0 aliphatic carbocycles. The van der Waals surface area contributed by atoms with Gasteiger partial charge in [0.1, 0.15) is 0 Å². The van der Waals surface area contributed by atoms with Gasteiger partial charge in [-0.2, -0.15) is 0 Å². The van der Waals surface area contributed by atoms with Gasteiger partial charge in [0.15, 0.2) is 0 Å². The summed E-state index contributed by atoms with van der Waals surface area (Å²) >= 11 is -3.30. The van der Waals surface area contributed by atoms with Gasteiger partial charge in [0.25, 0.3) is 0 Å². The van der Waals surface area contributed by atoms with Crippen molar-refractivity contribution in [1.82, 2.24) is 42.5 Å². The van der Waals surface area contributed by atoms with Gasteiger partial charge in [-0.05, 0) is 0 Å². The third-order valence-electron chi connectivity index (χ3n) is 3.61. The van der Waals surface area contributed by atoms with Crippen molar-refractivity contribution < 1.29 is 122 Å². The van der Waals surface area contributed by atoms with E-state index >= 15 is 0 Å². The van der Waals surface area contributed by atoms with Crippen molar-refractivity contribution in [1.29, 1.82) is 0 Å². The number of amides is 8. The normalized spacial score (nSPS) is 15.5. The molecule has 0 aromatic carbocycles. The molecule has 1 fully saturated rings. The van der Waals surface area contributed by atoms with E-state index in [-0.39, 0.29) is 52.4 Å². The van der Waals surface area contributed by atoms with Gasteiger partial charge in [0.2, 0.25) is 0 Å². The first-order valence-corrected chi connectivity index (χ1v) is 36.3. The zero-order valence-corrected chi connectivity index (χ0v) is 37.8. The molecule has 0 radical (unpaired) electrons. The molecule has 1 saturated heterocycles. The van der Waals surface area contributed by atoms with Crippen molar-refractivity contribution in [3.05, 3.63) is 0 Å². The molecular formula is C16H24Cl8N8O8Zr4. The summed E-state index contributed by atoms with van der Waals surface area (Å²) in [7, 11) is 39.5. The first-order valence-electron chi connectivity index (χ1n) is 11.0. The third kappa shape index (κ3) is 38.1. The van der Waals surface area contributed by atoms with Crippen LogP contribution in [0.4, 0.5) is 0 Å². The molecule has 1 aliphatic rings. The molecule has 0 aromatic heterocycles. The molecule has 0 spiro atoms. The second kappa shape index (κ2) is 40.8. The van der Waals surface area contributed by atoms with Crippen LogP contribution < -0.4 is 42.5 Å². The van der Waals surface area contributed by atoms with E-state index in [0.717, 1.165) is 0 Å². The van der Waals surface area contributed by atoms with Gasteiger partial charge in [-0.15, -0.1) is 0 Å². The summed E-state index contributed by atoms with van der Waals surface area (Å²) in [6.07, 6.45) is 0. The van der Waals surface area contributed by atoms with Crippen LogP contribution in [0.5, 0.6) is 0 Å². The molecule has 0 atom stereocenters. The fourth-order valence-electron chi connectivity index (χ4n) is 2.05. The topological polar surface area (TPSA) is 233 Å². The second-order valence-corrected chi connectivity index (χ2v) is 21.3. The fraction of sp³-hybridized carbons (Fsp3) is 0.500. The van der Waals surface area contributed by atoms with E-state index in [1.54, 1.807) is 0 Å². The zero-order chi connectivity index (χ0) is 34.8. The number of hydrogen-bond donors (Lipinski definition) is 8. The van der Waals surface area contributed by atoms with Crippen LogP contribution >= 0.6 is 68.1 Å². The van der Waals surface area contributed by atoms with Gasteiger partial charge in [-0.1, -0.05) is 0 Å². The maximum absolute atomic E-state index is 11.6. The molecule has 0 unspecified atom stereocenters. The summed E-state index contributed by atoms with van der Waals surface area (Å²) in [5.74, 6) is -8.00. The zero-order valence-electron chi connectivity index (χ0n) is 21.9. The van der Waals surface area contributed by atoms with Crippen LogP contribution in [0, 0.1) is 0 Å². The Morgan fingerprint density at radius 2 is 0.341 bits per heavy atom. The molecule has 1 aliphatic heterocycles. The molecule has 8 amide bonds. The van der Waals surface area contributed by atoms with Crippen molar-refractivity contribution in [3.8, 4) is 0 Å². The van der Waals surface area contributed by atoms with E-state index in [1.807, 2.05) is 0 Å². The molecule has 1 heterocycles. The molecule has 8 N–H and O–H groups in total.